The van der Waals surface area contributed by atoms with E-state index in [2.05, 4.69) is 31.3 Å². The molecule has 0 bridgehead atoms. The van der Waals surface area contributed by atoms with Gasteiger partial charge in [0.25, 0.3) is 5.91 Å². The van der Waals surface area contributed by atoms with Gasteiger partial charge in [-0.15, -0.1) is 11.3 Å². The summed E-state index contributed by atoms with van der Waals surface area (Å²) >= 11 is 4.09. The van der Waals surface area contributed by atoms with E-state index in [0.717, 1.165) is 4.68 Å². The molecule has 2 aromatic rings. The molecular weight excluding hydrogens is 373 g/mol. The maximum atomic E-state index is 12.8. The van der Waals surface area contributed by atoms with Gasteiger partial charge in [-0.2, -0.15) is 18.3 Å². The van der Waals surface area contributed by atoms with E-state index in [-0.39, 0.29) is 10.2 Å². The van der Waals surface area contributed by atoms with Crippen molar-refractivity contribution >= 4 is 38.3 Å². The van der Waals surface area contributed by atoms with Crippen LogP contribution in [-0.4, -0.2) is 20.7 Å². The molecule has 0 saturated heterocycles. The number of thiazole rings is 1. The Morgan fingerprint density at radius 1 is 1.52 bits per heavy atom. The SMILES string of the molecule is Cc1c(Br)c(C(F)(F)F)nn1C(C)C(=O)Nc1nccs1. The first-order chi connectivity index (χ1) is 9.71. The number of aromatic nitrogens is 3. The van der Waals surface area contributed by atoms with Crippen molar-refractivity contribution in [3.63, 3.8) is 0 Å². The number of amides is 1. The lowest BCUT2D eigenvalue weighted by atomic mass is 10.3. The molecule has 21 heavy (non-hydrogen) atoms. The summed E-state index contributed by atoms with van der Waals surface area (Å²) in [6, 6.07) is -0.902. The van der Waals surface area contributed by atoms with Crippen molar-refractivity contribution in [2.45, 2.75) is 26.1 Å². The van der Waals surface area contributed by atoms with Crippen LogP contribution in [0.25, 0.3) is 0 Å². The third kappa shape index (κ3) is 3.26. The first-order valence-corrected chi connectivity index (χ1v) is 7.41. The quantitative estimate of drug-likeness (QED) is 0.881. The molecule has 1 unspecified atom stereocenters. The minimum atomic E-state index is -4.58. The molecule has 0 spiro atoms. The highest BCUT2D eigenvalue weighted by atomic mass is 79.9. The minimum absolute atomic E-state index is 0.163. The molecule has 5 nitrogen and oxygen atoms in total. The van der Waals surface area contributed by atoms with Crippen molar-refractivity contribution in [2.75, 3.05) is 5.32 Å². The molecule has 2 aromatic heterocycles. The molecule has 0 radical (unpaired) electrons. The maximum absolute atomic E-state index is 12.8. The minimum Gasteiger partial charge on any atom is -0.300 e. The van der Waals surface area contributed by atoms with E-state index in [9.17, 15) is 18.0 Å². The van der Waals surface area contributed by atoms with Gasteiger partial charge < -0.3 is 5.32 Å². The number of hydrogen-bond acceptors (Lipinski definition) is 4. The highest BCUT2D eigenvalue weighted by Crippen LogP contribution is 2.36. The van der Waals surface area contributed by atoms with Crippen molar-refractivity contribution in [3.8, 4) is 0 Å². The molecule has 10 heteroatoms. The number of halogens is 4. The number of rotatable bonds is 3. The van der Waals surface area contributed by atoms with E-state index in [0.29, 0.717) is 5.13 Å². The van der Waals surface area contributed by atoms with E-state index in [1.165, 1.54) is 31.4 Å². The van der Waals surface area contributed by atoms with Crippen LogP contribution in [-0.2, 0) is 11.0 Å². The van der Waals surface area contributed by atoms with Gasteiger partial charge >= 0.3 is 6.18 Å². The fourth-order valence-corrected chi connectivity index (χ4v) is 2.68. The second-order valence-electron chi connectivity index (χ2n) is 4.19. The summed E-state index contributed by atoms with van der Waals surface area (Å²) in [4.78, 5) is 15.9. The second-order valence-corrected chi connectivity index (χ2v) is 5.88. The van der Waals surface area contributed by atoms with E-state index in [4.69, 9.17) is 0 Å². The van der Waals surface area contributed by atoms with E-state index in [1.807, 2.05) is 0 Å². The van der Waals surface area contributed by atoms with Gasteiger partial charge in [0.1, 0.15) is 6.04 Å². The van der Waals surface area contributed by atoms with Gasteiger partial charge in [0, 0.05) is 11.6 Å². The van der Waals surface area contributed by atoms with E-state index < -0.39 is 23.8 Å². The van der Waals surface area contributed by atoms with Crippen LogP contribution in [0.1, 0.15) is 24.4 Å². The summed E-state index contributed by atoms with van der Waals surface area (Å²) in [5, 5.41) is 8.08. The molecule has 0 aliphatic rings. The molecule has 114 valence electrons. The van der Waals surface area contributed by atoms with Gasteiger partial charge in [0.15, 0.2) is 10.8 Å². The molecule has 2 heterocycles. The Balaban J connectivity index is 2.27. The molecule has 0 fully saturated rings. The summed E-state index contributed by atoms with van der Waals surface area (Å²) in [5.41, 5.74) is -0.821. The third-order valence-electron chi connectivity index (χ3n) is 2.75. The molecule has 0 aromatic carbocycles. The lowest BCUT2D eigenvalue weighted by Gasteiger charge is -2.13. The number of carbonyl (C=O) groups is 1. The smallest absolute Gasteiger partial charge is 0.300 e. The normalized spacial score (nSPS) is 13.2. The summed E-state index contributed by atoms with van der Waals surface area (Å²) in [6.07, 6.45) is -3.07. The Bertz CT molecular complexity index is 653. The Morgan fingerprint density at radius 3 is 2.67 bits per heavy atom. The summed E-state index contributed by atoms with van der Waals surface area (Å²) in [5.74, 6) is -0.489. The summed E-state index contributed by atoms with van der Waals surface area (Å²) < 4.78 is 39.3. The van der Waals surface area contributed by atoms with Crippen LogP contribution in [0.4, 0.5) is 18.3 Å². The van der Waals surface area contributed by atoms with E-state index in [1.54, 1.807) is 5.38 Å². The van der Waals surface area contributed by atoms with Crippen LogP contribution in [0.15, 0.2) is 16.0 Å². The highest BCUT2D eigenvalue weighted by molar-refractivity contribution is 9.10. The zero-order valence-electron chi connectivity index (χ0n) is 10.9. The third-order valence-corrected chi connectivity index (χ3v) is 4.39. The molecule has 2 rings (SSSR count). The number of hydrogen-bond donors (Lipinski definition) is 1. The molecule has 1 N–H and O–H groups in total. The van der Waals surface area contributed by atoms with Gasteiger partial charge in [-0.25, -0.2) is 4.98 Å². The van der Waals surface area contributed by atoms with Crippen molar-refractivity contribution in [1.82, 2.24) is 14.8 Å². The van der Waals surface area contributed by atoms with Gasteiger partial charge in [-0.05, 0) is 29.8 Å². The van der Waals surface area contributed by atoms with Crippen LogP contribution < -0.4 is 5.32 Å². The Morgan fingerprint density at radius 2 is 2.19 bits per heavy atom. The van der Waals surface area contributed by atoms with Crippen molar-refractivity contribution < 1.29 is 18.0 Å². The molecule has 0 aliphatic carbocycles. The van der Waals surface area contributed by atoms with Gasteiger partial charge in [0.05, 0.1) is 10.2 Å². The van der Waals surface area contributed by atoms with Crippen LogP contribution in [0.3, 0.4) is 0 Å². The van der Waals surface area contributed by atoms with Crippen molar-refractivity contribution in [1.29, 1.82) is 0 Å². The Labute approximate surface area is 130 Å². The zero-order valence-corrected chi connectivity index (χ0v) is 13.3. The summed E-state index contributed by atoms with van der Waals surface area (Å²) in [7, 11) is 0. The van der Waals surface area contributed by atoms with Crippen LogP contribution in [0, 0.1) is 6.92 Å². The Kier molecular flexibility index (Phi) is 4.38. The number of carbonyl (C=O) groups excluding carboxylic acids is 1. The average Bonchev–Trinajstić information content (AvgIpc) is 2.98. The predicted molar refractivity (Wildman–Crippen MR) is 75.1 cm³/mol. The maximum Gasteiger partial charge on any atom is 0.436 e. The largest absolute Gasteiger partial charge is 0.436 e. The number of nitrogens with one attached hydrogen (secondary N) is 1. The summed E-state index contributed by atoms with van der Waals surface area (Å²) in [6.45, 7) is 2.93. The molecule has 0 saturated carbocycles. The molecule has 0 aliphatic heterocycles. The molecule has 1 atom stereocenters. The van der Waals surface area contributed by atoms with Gasteiger partial charge in [0.2, 0.25) is 0 Å². The Hall–Kier alpha value is -1.42. The monoisotopic (exact) mass is 382 g/mol. The van der Waals surface area contributed by atoms with Crippen molar-refractivity contribution in [3.05, 3.63) is 27.4 Å². The first kappa shape index (κ1) is 16.0. The van der Waals surface area contributed by atoms with E-state index >= 15 is 0 Å². The lowest BCUT2D eigenvalue weighted by molar-refractivity contribution is -0.142. The topological polar surface area (TPSA) is 59.8 Å². The zero-order chi connectivity index (χ0) is 15.8. The predicted octanol–water partition coefficient (Wildman–Crippen LogP) is 3.63. The number of alkyl halides is 3. The first-order valence-electron chi connectivity index (χ1n) is 5.74. The number of nitrogens with zero attached hydrogens (tertiary/aromatic N) is 3. The highest BCUT2D eigenvalue weighted by Gasteiger charge is 2.38. The van der Waals surface area contributed by atoms with Gasteiger partial charge in [-0.3, -0.25) is 9.48 Å². The van der Waals surface area contributed by atoms with Crippen LogP contribution in [0.5, 0.6) is 0 Å². The molecule has 1 amide bonds. The van der Waals surface area contributed by atoms with Gasteiger partial charge in [-0.1, -0.05) is 0 Å². The van der Waals surface area contributed by atoms with Crippen LogP contribution in [0.2, 0.25) is 0 Å². The van der Waals surface area contributed by atoms with Crippen molar-refractivity contribution in [2.24, 2.45) is 0 Å². The fraction of sp³-hybridized carbons (Fsp3) is 0.364. The number of anilines is 1. The fourth-order valence-electron chi connectivity index (χ4n) is 1.66. The standard InChI is InChI=1S/C11H10BrF3N4OS/c1-5-7(12)8(11(13,14)15)18-19(5)6(2)9(20)17-10-16-3-4-21-10/h3-4,6H,1-2H3,(H,16,17,20). The van der Waals surface area contributed by atoms with Crippen LogP contribution >= 0.6 is 27.3 Å². The lowest BCUT2D eigenvalue weighted by Crippen LogP contribution is -2.25. The average molecular weight is 383 g/mol. The molecular formula is C11H10BrF3N4OS. The second kappa shape index (κ2) is 5.76.